The van der Waals surface area contributed by atoms with Crippen LogP contribution in [0.3, 0.4) is 0 Å². The fourth-order valence-electron chi connectivity index (χ4n) is 0.978. The Morgan fingerprint density at radius 2 is 1.82 bits per heavy atom. The first kappa shape index (κ1) is 16.6. The molecule has 0 bridgehead atoms. The molecule has 3 atom stereocenters. The van der Waals surface area contributed by atoms with Gasteiger partial charge in [0.1, 0.15) is 12.8 Å². The second kappa shape index (κ2) is 7.13. The zero-order chi connectivity index (χ0) is 13.6. The standard InChI is InChI=1S/C9H12F6OS/c1-5(16)17-3-2-6(11)8(13)9(14,15)7(12)4-10/h6-8H,2-4H2,1H3. The van der Waals surface area contributed by atoms with E-state index >= 15 is 0 Å². The number of thioether (sulfide) groups is 1. The maximum absolute atomic E-state index is 13.0. The molecule has 0 rings (SSSR count). The Morgan fingerprint density at radius 1 is 1.29 bits per heavy atom. The number of hydrogen-bond donors (Lipinski definition) is 0. The van der Waals surface area contributed by atoms with Crippen molar-refractivity contribution in [2.45, 2.75) is 37.8 Å². The van der Waals surface area contributed by atoms with Crippen LogP contribution in [0.25, 0.3) is 0 Å². The zero-order valence-electron chi connectivity index (χ0n) is 8.94. The summed E-state index contributed by atoms with van der Waals surface area (Å²) in [6.45, 7) is -0.900. The molecule has 102 valence electrons. The normalized spacial score (nSPS) is 17.6. The summed E-state index contributed by atoms with van der Waals surface area (Å²) in [5.74, 6) is -4.89. The molecule has 17 heavy (non-hydrogen) atoms. The predicted octanol–water partition coefficient (Wildman–Crippen LogP) is 3.28. The van der Waals surface area contributed by atoms with Crippen molar-refractivity contribution in [2.75, 3.05) is 12.4 Å². The Balaban J connectivity index is 4.28. The van der Waals surface area contributed by atoms with Crippen molar-refractivity contribution in [3.05, 3.63) is 0 Å². The van der Waals surface area contributed by atoms with Crippen LogP contribution in [0.5, 0.6) is 0 Å². The monoisotopic (exact) mass is 282 g/mol. The van der Waals surface area contributed by atoms with Crippen molar-refractivity contribution in [3.8, 4) is 0 Å². The summed E-state index contributed by atoms with van der Waals surface area (Å²) in [7, 11) is 0. The van der Waals surface area contributed by atoms with E-state index in [0.29, 0.717) is 11.8 Å². The molecule has 0 saturated heterocycles. The van der Waals surface area contributed by atoms with E-state index in [0.717, 1.165) is 0 Å². The molecule has 0 aromatic rings. The Hall–Kier alpha value is -0.400. The van der Waals surface area contributed by atoms with E-state index in [1.54, 1.807) is 0 Å². The van der Waals surface area contributed by atoms with E-state index in [2.05, 4.69) is 0 Å². The summed E-state index contributed by atoms with van der Waals surface area (Å²) in [5.41, 5.74) is 0. The van der Waals surface area contributed by atoms with Crippen LogP contribution in [0, 0.1) is 0 Å². The van der Waals surface area contributed by atoms with Crippen molar-refractivity contribution >= 4 is 16.9 Å². The van der Waals surface area contributed by atoms with Crippen molar-refractivity contribution in [3.63, 3.8) is 0 Å². The average Bonchev–Trinajstić information content (AvgIpc) is 2.25. The lowest BCUT2D eigenvalue weighted by Gasteiger charge is -2.24. The molecule has 0 amide bonds. The van der Waals surface area contributed by atoms with Gasteiger partial charge in [-0.2, -0.15) is 8.78 Å². The molecule has 0 N–H and O–H groups in total. The number of hydrogen-bond acceptors (Lipinski definition) is 2. The fraction of sp³-hybridized carbons (Fsp3) is 0.889. The first-order valence-corrected chi connectivity index (χ1v) is 5.71. The van der Waals surface area contributed by atoms with E-state index in [9.17, 15) is 31.1 Å². The highest BCUT2D eigenvalue weighted by molar-refractivity contribution is 8.13. The fourth-order valence-corrected chi connectivity index (χ4v) is 1.61. The quantitative estimate of drug-likeness (QED) is 0.667. The molecule has 0 aliphatic rings. The number of halogens is 6. The molecule has 0 saturated carbocycles. The first-order chi connectivity index (χ1) is 7.73. The van der Waals surface area contributed by atoms with Gasteiger partial charge in [-0.05, 0) is 6.42 Å². The van der Waals surface area contributed by atoms with Gasteiger partial charge in [0.15, 0.2) is 17.5 Å². The summed E-state index contributed by atoms with van der Waals surface area (Å²) >= 11 is 0.643. The molecular formula is C9H12F6OS. The maximum atomic E-state index is 13.0. The van der Waals surface area contributed by atoms with Gasteiger partial charge in [0.05, 0.1) is 0 Å². The van der Waals surface area contributed by atoms with Gasteiger partial charge in [0.2, 0.25) is 0 Å². The minimum absolute atomic E-state index is 0.195. The number of carbonyl (C=O) groups is 1. The first-order valence-electron chi connectivity index (χ1n) is 4.72. The molecule has 0 radical (unpaired) electrons. The Bertz CT molecular complexity index is 250. The van der Waals surface area contributed by atoms with Gasteiger partial charge in [-0.15, -0.1) is 0 Å². The molecule has 0 heterocycles. The number of carbonyl (C=O) groups excluding carboxylic acids is 1. The van der Waals surface area contributed by atoms with Gasteiger partial charge >= 0.3 is 5.92 Å². The van der Waals surface area contributed by atoms with Crippen molar-refractivity contribution in [2.24, 2.45) is 0 Å². The summed E-state index contributed by atoms with van der Waals surface area (Å²) in [4.78, 5) is 10.4. The molecule has 0 fully saturated rings. The lowest BCUT2D eigenvalue weighted by atomic mass is 10.0. The van der Waals surface area contributed by atoms with Gasteiger partial charge in [-0.3, -0.25) is 4.79 Å². The minimum Gasteiger partial charge on any atom is -0.288 e. The summed E-state index contributed by atoms with van der Waals surface area (Å²) in [6.07, 6.45) is -10.1. The molecule has 1 nitrogen and oxygen atoms in total. The third kappa shape index (κ3) is 5.18. The molecule has 0 aromatic heterocycles. The van der Waals surface area contributed by atoms with Gasteiger partial charge in [0, 0.05) is 12.7 Å². The van der Waals surface area contributed by atoms with Crippen molar-refractivity contribution < 1.29 is 31.1 Å². The van der Waals surface area contributed by atoms with Crippen LogP contribution in [-0.2, 0) is 4.79 Å². The lowest BCUT2D eigenvalue weighted by molar-refractivity contribution is -0.150. The Morgan fingerprint density at radius 3 is 2.24 bits per heavy atom. The largest absolute Gasteiger partial charge is 0.314 e. The molecule has 0 spiro atoms. The molecule has 0 aliphatic carbocycles. The van der Waals surface area contributed by atoms with Crippen LogP contribution in [0.4, 0.5) is 26.3 Å². The van der Waals surface area contributed by atoms with Crippen LogP contribution in [0.15, 0.2) is 0 Å². The highest BCUT2D eigenvalue weighted by Gasteiger charge is 2.52. The Labute approximate surface area is 98.9 Å². The number of alkyl halides is 6. The van der Waals surface area contributed by atoms with Crippen LogP contribution >= 0.6 is 11.8 Å². The van der Waals surface area contributed by atoms with Crippen LogP contribution in [0.2, 0.25) is 0 Å². The average molecular weight is 282 g/mol. The highest BCUT2D eigenvalue weighted by Crippen LogP contribution is 2.32. The second-order valence-electron chi connectivity index (χ2n) is 3.34. The minimum atomic E-state index is -4.70. The van der Waals surface area contributed by atoms with E-state index in [-0.39, 0.29) is 10.9 Å². The Kier molecular flexibility index (Phi) is 6.96. The zero-order valence-corrected chi connectivity index (χ0v) is 9.75. The molecule has 8 heteroatoms. The second-order valence-corrected chi connectivity index (χ2v) is 4.61. The van der Waals surface area contributed by atoms with Crippen molar-refractivity contribution in [1.29, 1.82) is 0 Å². The van der Waals surface area contributed by atoms with Gasteiger partial charge in [0.25, 0.3) is 0 Å². The lowest BCUT2D eigenvalue weighted by Crippen LogP contribution is -2.46. The van der Waals surface area contributed by atoms with Gasteiger partial charge in [-0.25, -0.2) is 17.6 Å². The molecule has 0 aliphatic heterocycles. The molecular weight excluding hydrogens is 270 g/mol. The molecule has 3 unspecified atom stereocenters. The molecule has 0 aromatic carbocycles. The van der Waals surface area contributed by atoms with Crippen LogP contribution in [0.1, 0.15) is 13.3 Å². The SMILES string of the molecule is CC(=O)SCCC(F)C(F)C(F)(F)C(F)CF. The third-order valence-electron chi connectivity index (χ3n) is 1.94. The van der Waals surface area contributed by atoms with E-state index < -0.39 is 37.5 Å². The van der Waals surface area contributed by atoms with Gasteiger partial charge in [-0.1, -0.05) is 11.8 Å². The van der Waals surface area contributed by atoms with Gasteiger partial charge < -0.3 is 0 Å². The summed E-state index contributed by atoms with van der Waals surface area (Å²) in [6, 6.07) is 0. The van der Waals surface area contributed by atoms with Crippen molar-refractivity contribution in [1.82, 2.24) is 0 Å². The van der Waals surface area contributed by atoms with Crippen LogP contribution in [-0.4, -0.2) is 42.0 Å². The predicted molar refractivity (Wildman–Crippen MR) is 53.4 cm³/mol. The maximum Gasteiger partial charge on any atom is 0.314 e. The summed E-state index contributed by atoms with van der Waals surface area (Å²) in [5, 5.41) is -0.369. The van der Waals surface area contributed by atoms with E-state index in [1.165, 1.54) is 6.92 Å². The topological polar surface area (TPSA) is 17.1 Å². The number of rotatable bonds is 7. The van der Waals surface area contributed by atoms with Crippen LogP contribution < -0.4 is 0 Å². The summed E-state index contributed by atoms with van der Waals surface area (Å²) < 4.78 is 75.4. The van der Waals surface area contributed by atoms with E-state index in [1.807, 2.05) is 0 Å². The third-order valence-corrected chi connectivity index (χ3v) is 2.78. The highest BCUT2D eigenvalue weighted by atomic mass is 32.2. The van der Waals surface area contributed by atoms with E-state index in [4.69, 9.17) is 0 Å². The smallest absolute Gasteiger partial charge is 0.288 e.